The predicted octanol–water partition coefficient (Wildman–Crippen LogP) is 3.53. The van der Waals surface area contributed by atoms with Crippen molar-refractivity contribution in [2.75, 3.05) is 42.9 Å². The number of rotatable bonds is 4. The van der Waals surface area contributed by atoms with Gasteiger partial charge in [0.15, 0.2) is 0 Å². The molecule has 0 atom stereocenters. The Morgan fingerprint density at radius 1 is 0.879 bits per heavy atom. The third kappa shape index (κ3) is 5.28. The second kappa shape index (κ2) is 9.95. The maximum Gasteiger partial charge on any atom is 0.271 e. The number of fused-ring (bicyclic) bond motifs is 2. The van der Waals surface area contributed by atoms with Crippen LogP contribution in [0.5, 0.6) is 0 Å². The molecule has 5 rings (SSSR count). The van der Waals surface area contributed by atoms with Crippen molar-refractivity contribution < 1.29 is 14.6 Å². The number of non-ortho nitro benzene ring substituents is 2. The summed E-state index contributed by atoms with van der Waals surface area (Å²) in [7, 11) is 0. The van der Waals surface area contributed by atoms with Gasteiger partial charge in [-0.05, 0) is 49.9 Å². The van der Waals surface area contributed by atoms with Crippen LogP contribution in [0.25, 0.3) is 0 Å². The van der Waals surface area contributed by atoms with Crippen LogP contribution in [0.15, 0.2) is 36.4 Å². The first-order chi connectivity index (χ1) is 15.9. The van der Waals surface area contributed by atoms with E-state index < -0.39 is 4.92 Å². The summed E-state index contributed by atoms with van der Waals surface area (Å²) >= 11 is 0. The molecule has 10 nitrogen and oxygen atoms in total. The van der Waals surface area contributed by atoms with Gasteiger partial charge in [-0.15, -0.1) is 0 Å². The quantitative estimate of drug-likeness (QED) is 0.555. The number of nitro groups is 2. The lowest BCUT2D eigenvalue weighted by Crippen LogP contribution is -2.41. The molecule has 10 heteroatoms. The lowest BCUT2D eigenvalue weighted by Gasteiger charge is -2.28. The van der Waals surface area contributed by atoms with E-state index in [4.69, 9.17) is 0 Å². The van der Waals surface area contributed by atoms with Crippen molar-refractivity contribution in [3.05, 3.63) is 67.8 Å². The van der Waals surface area contributed by atoms with E-state index in [2.05, 4.69) is 10.2 Å². The van der Waals surface area contributed by atoms with Crippen molar-refractivity contribution in [1.82, 2.24) is 4.90 Å². The maximum atomic E-state index is 12.5. The van der Waals surface area contributed by atoms with Gasteiger partial charge >= 0.3 is 0 Å². The van der Waals surface area contributed by atoms with Crippen LogP contribution in [0.4, 0.5) is 22.7 Å². The molecule has 0 aliphatic carbocycles. The Hall–Kier alpha value is -3.53. The van der Waals surface area contributed by atoms with Gasteiger partial charge in [0.1, 0.15) is 0 Å². The summed E-state index contributed by atoms with van der Waals surface area (Å²) in [5.74, 6) is 0.0520. The summed E-state index contributed by atoms with van der Waals surface area (Å²) in [4.78, 5) is 36.8. The Kier molecular flexibility index (Phi) is 6.83. The average molecular weight is 453 g/mol. The highest BCUT2D eigenvalue weighted by atomic mass is 16.6. The molecule has 1 amide bonds. The average Bonchev–Trinajstić information content (AvgIpc) is 3.46. The van der Waals surface area contributed by atoms with E-state index >= 15 is 0 Å². The number of anilines is 2. The summed E-state index contributed by atoms with van der Waals surface area (Å²) in [6.45, 7) is 3.88. The fourth-order valence-corrected chi connectivity index (χ4v) is 4.53. The van der Waals surface area contributed by atoms with Crippen LogP contribution in [0.3, 0.4) is 0 Å². The minimum Gasteiger partial charge on any atom is -0.384 e. The van der Waals surface area contributed by atoms with Crippen molar-refractivity contribution in [1.29, 1.82) is 0 Å². The molecule has 174 valence electrons. The largest absolute Gasteiger partial charge is 0.384 e. The van der Waals surface area contributed by atoms with Crippen molar-refractivity contribution >= 4 is 28.7 Å². The third-order valence-electron chi connectivity index (χ3n) is 6.30. The van der Waals surface area contributed by atoms with Crippen LogP contribution in [0.2, 0.25) is 0 Å². The maximum absolute atomic E-state index is 12.5. The first kappa shape index (κ1) is 22.7. The second-order valence-corrected chi connectivity index (χ2v) is 8.48. The van der Waals surface area contributed by atoms with Crippen molar-refractivity contribution in [3.63, 3.8) is 0 Å². The number of benzene rings is 2. The molecule has 0 unspecified atom stereocenters. The summed E-state index contributed by atoms with van der Waals surface area (Å²) in [6.07, 6.45) is 5.28. The van der Waals surface area contributed by atoms with Crippen molar-refractivity contribution in [3.8, 4) is 0 Å². The molecule has 1 fully saturated rings. The third-order valence-corrected chi connectivity index (χ3v) is 6.30. The normalized spacial score (nSPS) is 16.8. The highest BCUT2D eigenvalue weighted by Crippen LogP contribution is 2.32. The summed E-state index contributed by atoms with van der Waals surface area (Å²) in [6, 6.07) is 9.75. The standard InChI is InChI=1S/C15H19N3O3.C8H8N2O2/c19-15(11-16-7-2-1-3-8-16)17-9-6-12-4-5-13(18(20)21)10-14(12)17;11-10(12)7-2-1-6-3-4-9-8(6)5-7/h4-5,10H,1-3,6-9,11H2;1-2,5,9H,3-4H2. The molecule has 2 aromatic rings. The number of nitrogens with one attached hydrogen (secondary N) is 1. The second-order valence-electron chi connectivity index (χ2n) is 8.48. The lowest BCUT2D eigenvalue weighted by molar-refractivity contribution is -0.385. The molecular formula is C23H27N5O5. The highest BCUT2D eigenvalue weighted by molar-refractivity contribution is 5.97. The molecule has 2 aromatic carbocycles. The Morgan fingerprint density at radius 2 is 1.55 bits per heavy atom. The number of amides is 1. The molecule has 0 saturated carbocycles. The Balaban J connectivity index is 0.000000183. The molecule has 3 aliphatic heterocycles. The molecule has 0 spiro atoms. The van der Waals surface area contributed by atoms with Crippen LogP contribution in [0.1, 0.15) is 30.4 Å². The fraction of sp³-hybridized carbons (Fsp3) is 0.435. The monoisotopic (exact) mass is 453 g/mol. The number of nitrogens with zero attached hydrogens (tertiary/aromatic N) is 4. The minimum absolute atomic E-state index is 0.0476. The molecule has 33 heavy (non-hydrogen) atoms. The van der Waals surface area contributed by atoms with Crippen molar-refractivity contribution in [2.24, 2.45) is 0 Å². The number of piperidine rings is 1. The molecule has 1 saturated heterocycles. The number of hydrogen-bond acceptors (Lipinski definition) is 7. The van der Waals surface area contributed by atoms with E-state index in [1.165, 1.54) is 24.1 Å². The van der Waals surface area contributed by atoms with Gasteiger partial charge in [-0.25, -0.2) is 0 Å². The van der Waals surface area contributed by atoms with E-state index in [0.717, 1.165) is 56.6 Å². The highest BCUT2D eigenvalue weighted by Gasteiger charge is 2.28. The SMILES string of the molecule is O=C(CN1CCCCC1)N1CCc2ccc([N+](=O)[O-])cc21.O=[N+]([O-])c1ccc2c(c1)NCC2. The van der Waals surface area contributed by atoms with Crippen LogP contribution in [0, 0.1) is 20.2 Å². The van der Waals surface area contributed by atoms with Crippen LogP contribution in [-0.4, -0.2) is 53.4 Å². The Morgan fingerprint density at radius 3 is 2.24 bits per heavy atom. The smallest absolute Gasteiger partial charge is 0.271 e. The molecule has 0 aromatic heterocycles. The van der Waals surface area contributed by atoms with Gasteiger partial charge in [-0.1, -0.05) is 18.6 Å². The molecule has 3 heterocycles. The van der Waals surface area contributed by atoms with E-state index in [0.29, 0.717) is 18.8 Å². The predicted molar refractivity (Wildman–Crippen MR) is 125 cm³/mol. The van der Waals surface area contributed by atoms with Gasteiger partial charge < -0.3 is 10.2 Å². The van der Waals surface area contributed by atoms with Gasteiger partial charge in [-0.2, -0.15) is 0 Å². The number of carbonyl (C=O) groups excluding carboxylic acids is 1. The fourth-order valence-electron chi connectivity index (χ4n) is 4.53. The lowest BCUT2D eigenvalue weighted by atomic mass is 10.1. The van der Waals surface area contributed by atoms with Gasteiger partial charge in [0.25, 0.3) is 11.4 Å². The van der Waals surface area contributed by atoms with E-state index in [1.54, 1.807) is 23.1 Å². The molecular weight excluding hydrogens is 426 g/mol. The molecule has 0 bridgehead atoms. The van der Waals surface area contributed by atoms with E-state index in [9.17, 15) is 25.0 Å². The first-order valence-electron chi connectivity index (χ1n) is 11.2. The Bertz CT molecular complexity index is 1070. The van der Waals surface area contributed by atoms with E-state index in [1.807, 2.05) is 6.07 Å². The minimum atomic E-state index is -0.411. The van der Waals surface area contributed by atoms with Crippen molar-refractivity contribution in [2.45, 2.75) is 32.1 Å². The molecule has 1 N–H and O–H groups in total. The van der Waals surface area contributed by atoms with Crippen LogP contribution in [-0.2, 0) is 17.6 Å². The number of nitro benzene ring substituents is 2. The zero-order chi connectivity index (χ0) is 23.4. The van der Waals surface area contributed by atoms with E-state index in [-0.39, 0.29) is 22.2 Å². The first-order valence-corrected chi connectivity index (χ1v) is 11.2. The van der Waals surface area contributed by atoms with Gasteiger partial charge in [0.05, 0.1) is 22.1 Å². The van der Waals surface area contributed by atoms with Gasteiger partial charge in [-0.3, -0.25) is 29.9 Å². The zero-order valence-corrected chi connectivity index (χ0v) is 18.4. The van der Waals surface area contributed by atoms with Crippen LogP contribution < -0.4 is 10.2 Å². The number of hydrogen-bond donors (Lipinski definition) is 1. The van der Waals surface area contributed by atoms with Crippen LogP contribution >= 0.6 is 0 Å². The molecule has 3 aliphatic rings. The summed E-state index contributed by atoms with van der Waals surface area (Å²) < 4.78 is 0. The zero-order valence-electron chi connectivity index (χ0n) is 18.4. The van der Waals surface area contributed by atoms with Gasteiger partial charge in [0.2, 0.25) is 5.91 Å². The van der Waals surface area contributed by atoms with Gasteiger partial charge in [0, 0.05) is 43.0 Å². The topological polar surface area (TPSA) is 122 Å². The number of carbonyl (C=O) groups is 1. The molecule has 0 radical (unpaired) electrons. The number of likely N-dealkylation sites (tertiary alicyclic amines) is 1. The summed E-state index contributed by atoms with van der Waals surface area (Å²) in [5, 5.41) is 24.4. The Labute approximate surface area is 191 Å². The summed E-state index contributed by atoms with van der Waals surface area (Å²) in [5.41, 5.74) is 4.01.